The van der Waals surface area contributed by atoms with Gasteiger partial charge in [0.05, 0.1) is 16.5 Å². The van der Waals surface area contributed by atoms with Crippen LogP contribution in [0.3, 0.4) is 0 Å². The minimum Gasteiger partial charge on any atom is -0.483 e. The van der Waals surface area contributed by atoms with Crippen LogP contribution in [0.25, 0.3) is 16.6 Å². The van der Waals surface area contributed by atoms with Crippen molar-refractivity contribution in [3.63, 3.8) is 0 Å². The van der Waals surface area contributed by atoms with E-state index in [1.807, 2.05) is 77.4 Å². The van der Waals surface area contributed by atoms with Crippen LogP contribution in [0.5, 0.6) is 5.75 Å². The van der Waals surface area contributed by atoms with Crippen molar-refractivity contribution in [2.45, 2.75) is 11.8 Å². The number of hydrogen-bond donors (Lipinski definition) is 1. The number of ether oxygens (including phenoxy) is 1. The van der Waals surface area contributed by atoms with E-state index in [4.69, 9.17) is 16.3 Å². The van der Waals surface area contributed by atoms with Crippen LogP contribution in [0.15, 0.2) is 96.3 Å². The normalized spacial score (nSPS) is 10.9. The van der Waals surface area contributed by atoms with Crippen LogP contribution in [0.1, 0.15) is 5.82 Å². The van der Waals surface area contributed by atoms with E-state index in [0.717, 1.165) is 16.6 Å². The van der Waals surface area contributed by atoms with Gasteiger partial charge in [-0.3, -0.25) is 14.3 Å². The number of fused-ring (bicyclic) bond motifs is 1. The van der Waals surface area contributed by atoms with E-state index in [0.29, 0.717) is 27.4 Å². The van der Waals surface area contributed by atoms with E-state index in [2.05, 4.69) is 20.5 Å². The SMILES string of the molecule is O=C(CSc1nnc(COc2cccc3cccnc23)n1-c1ccccc1)Nc1ccccc1Cl. The number of carbonyl (C=O) groups excluding carboxylic acids is 1. The number of carbonyl (C=O) groups is 1. The van der Waals surface area contributed by atoms with Gasteiger partial charge in [-0.15, -0.1) is 10.2 Å². The number of halogens is 1. The molecule has 0 aliphatic carbocycles. The maximum absolute atomic E-state index is 12.5. The monoisotopic (exact) mass is 501 g/mol. The Balaban J connectivity index is 1.36. The smallest absolute Gasteiger partial charge is 0.234 e. The van der Waals surface area contributed by atoms with E-state index in [-0.39, 0.29) is 18.3 Å². The molecular formula is C26H20ClN5O2S. The average molecular weight is 502 g/mol. The molecule has 35 heavy (non-hydrogen) atoms. The van der Waals surface area contributed by atoms with Gasteiger partial charge in [-0.1, -0.05) is 71.9 Å². The highest BCUT2D eigenvalue weighted by Crippen LogP contribution is 2.27. The second kappa shape index (κ2) is 10.6. The summed E-state index contributed by atoms with van der Waals surface area (Å²) in [7, 11) is 0. The van der Waals surface area contributed by atoms with E-state index >= 15 is 0 Å². The Bertz CT molecular complexity index is 1470. The summed E-state index contributed by atoms with van der Waals surface area (Å²) in [6, 6.07) is 26.5. The fraction of sp³-hybridized carbons (Fsp3) is 0.0769. The third kappa shape index (κ3) is 5.29. The fourth-order valence-electron chi connectivity index (χ4n) is 3.54. The largest absolute Gasteiger partial charge is 0.483 e. The first-order valence-corrected chi connectivity index (χ1v) is 12.2. The van der Waals surface area contributed by atoms with Crippen LogP contribution in [-0.4, -0.2) is 31.4 Å². The third-order valence-corrected chi connectivity index (χ3v) is 6.41. The van der Waals surface area contributed by atoms with Crippen LogP contribution in [-0.2, 0) is 11.4 Å². The van der Waals surface area contributed by atoms with E-state index in [1.165, 1.54) is 11.8 Å². The van der Waals surface area contributed by atoms with Crippen molar-refractivity contribution in [1.29, 1.82) is 0 Å². The van der Waals surface area contributed by atoms with Gasteiger partial charge < -0.3 is 10.1 Å². The maximum Gasteiger partial charge on any atom is 0.234 e. The first kappa shape index (κ1) is 22.9. The van der Waals surface area contributed by atoms with Crippen LogP contribution in [0.4, 0.5) is 5.69 Å². The first-order valence-electron chi connectivity index (χ1n) is 10.8. The molecule has 1 amide bonds. The van der Waals surface area contributed by atoms with Crippen LogP contribution in [0, 0.1) is 0 Å². The summed E-state index contributed by atoms with van der Waals surface area (Å²) < 4.78 is 8.00. The van der Waals surface area contributed by atoms with Gasteiger partial charge in [0.25, 0.3) is 0 Å². The van der Waals surface area contributed by atoms with Crippen molar-refractivity contribution in [1.82, 2.24) is 19.7 Å². The van der Waals surface area contributed by atoms with Crippen molar-refractivity contribution in [2.24, 2.45) is 0 Å². The number of benzene rings is 3. The molecule has 0 radical (unpaired) electrons. The molecule has 9 heteroatoms. The zero-order valence-corrected chi connectivity index (χ0v) is 20.0. The molecule has 1 N–H and O–H groups in total. The number of amides is 1. The number of hydrogen-bond acceptors (Lipinski definition) is 6. The Labute approximate surface area is 211 Å². The number of aromatic nitrogens is 4. The summed E-state index contributed by atoms with van der Waals surface area (Å²) in [6.07, 6.45) is 1.74. The molecule has 2 heterocycles. The predicted molar refractivity (Wildman–Crippen MR) is 138 cm³/mol. The number of nitrogens with zero attached hydrogens (tertiary/aromatic N) is 4. The average Bonchev–Trinajstić information content (AvgIpc) is 3.31. The Morgan fingerprint density at radius 3 is 2.60 bits per heavy atom. The van der Waals surface area contributed by atoms with Gasteiger partial charge in [-0.05, 0) is 36.4 Å². The molecule has 0 saturated carbocycles. The fourth-order valence-corrected chi connectivity index (χ4v) is 4.49. The molecule has 7 nitrogen and oxygen atoms in total. The lowest BCUT2D eigenvalue weighted by Gasteiger charge is -2.12. The van der Waals surface area contributed by atoms with Gasteiger partial charge in [0.15, 0.2) is 11.0 Å². The minimum absolute atomic E-state index is 0.143. The Morgan fingerprint density at radius 2 is 1.74 bits per heavy atom. The Morgan fingerprint density at radius 1 is 0.943 bits per heavy atom. The van der Waals surface area contributed by atoms with Crippen molar-refractivity contribution in [3.05, 3.63) is 102 Å². The Hall–Kier alpha value is -3.88. The molecule has 5 aromatic rings. The number of para-hydroxylation sites is 3. The van der Waals surface area contributed by atoms with Crippen molar-refractivity contribution >= 4 is 45.9 Å². The highest BCUT2D eigenvalue weighted by molar-refractivity contribution is 7.99. The summed E-state index contributed by atoms with van der Waals surface area (Å²) in [6.45, 7) is 0.184. The number of anilines is 1. The van der Waals surface area contributed by atoms with Crippen LogP contribution in [0.2, 0.25) is 5.02 Å². The zero-order chi connectivity index (χ0) is 24.0. The summed E-state index contributed by atoms with van der Waals surface area (Å²) in [5.41, 5.74) is 2.23. The first-order chi connectivity index (χ1) is 17.2. The van der Waals surface area contributed by atoms with E-state index in [9.17, 15) is 4.79 Å². The van der Waals surface area contributed by atoms with E-state index < -0.39 is 0 Å². The molecule has 0 bridgehead atoms. The van der Waals surface area contributed by atoms with Gasteiger partial charge in [0.1, 0.15) is 17.9 Å². The molecule has 5 rings (SSSR count). The van der Waals surface area contributed by atoms with Gasteiger partial charge in [0.2, 0.25) is 5.91 Å². The number of nitrogens with one attached hydrogen (secondary N) is 1. The maximum atomic E-state index is 12.5. The van der Waals surface area contributed by atoms with Gasteiger partial charge >= 0.3 is 0 Å². The number of rotatable bonds is 8. The van der Waals surface area contributed by atoms with Crippen LogP contribution >= 0.6 is 23.4 Å². The summed E-state index contributed by atoms with van der Waals surface area (Å²) in [5, 5.41) is 13.6. The highest BCUT2D eigenvalue weighted by Gasteiger charge is 2.17. The quantitative estimate of drug-likeness (QED) is 0.271. The minimum atomic E-state index is -0.189. The third-order valence-electron chi connectivity index (χ3n) is 5.15. The molecule has 0 atom stereocenters. The second-order valence-electron chi connectivity index (χ2n) is 7.51. The van der Waals surface area contributed by atoms with Gasteiger partial charge in [0, 0.05) is 17.3 Å². The number of pyridine rings is 1. The summed E-state index contributed by atoms with van der Waals surface area (Å²) in [4.78, 5) is 17.0. The molecule has 0 unspecified atom stereocenters. The molecular weight excluding hydrogens is 482 g/mol. The predicted octanol–water partition coefficient (Wildman–Crippen LogP) is 5.78. The van der Waals surface area contributed by atoms with Crippen molar-refractivity contribution in [2.75, 3.05) is 11.1 Å². The zero-order valence-electron chi connectivity index (χ0n) is 18.5. The summed E-state index contributed by atoms with van der Waals surface area (Å²) in [5.74, 6) is 1.23. The summed E-state index contributed by atoms with van der Waals surface area (Å²) >= 11 is 7.44. The van der Waals surface area contributed by atoms with Crippen LogP contribution < -0.4 is 10.1 Å². The molecule has 0 fully saturated rings. The molecule has 3 aromatic carbocycles. The molecule has 0 spiro atoms. The standard InChI is InChI=1S/C26H20ClN5O2S/c27-20-12-4-5-13-21(20)29-24(33)17-35-26-31-30-23(32(26)19-10-2-1-3-11-19)16-34-22-14-6-8-18-9-7-15-28-25(18)22/h1-15H,16-17H2,(H,29,33). The molecule has 0 saturated heterocycles. The second-order valence-corrected chi connectivity index (χ2v) is 8.86. The lowest BCUT2D eigenvalue weighted by molar-refractivity contribution is -0.113. The van der Waals surface area contributed by atoms with Crippen molar-refractivity contribution < 1.29 is 9.53 Å². The highest BCUT2D eigenvalue weighted by atomic mass is 35.5. The van der Waals surface area contributed by atoms with Crippen molar-refractivity contribution in [3.8, 4) is 11.4 Å². The number of thioether (sulfide) groups is 1. The molecule has 174 valence electrons. The molecule has 0 aliphatic heterocycles. The van der Waals surface area contributed by atoms with Gasteiger partial charge in [-0.2, -0.15) is 0 Å². The lowest BCUT2D eigenvalue weighted by atomic mass is 10.2. The lowest BCUT2D eigenvalue weighted by Crippen LogP contribution is -2.15. The van der Waals surface area contributed by atoms with Gasteiger partial charge in [-0.25, -0.2) is 0 Å². The van der Waals surface area contributed by atoms with E-state index in [1.54, 1.807) is 18.3 Å². The molecule has 0 aliphatic rings. The topological polar surface area (TPSA) is 81.9 Å². The Kier molecular flexibility index (Phi) is 6.92. The molecule has 2 aromatic heterocycles.